The zero-order valence-electron chi connectivity index (χ0n) is 20.4. The largest absolute Gasteiger partial charge is 0.504 e. The Hall–Kier alpha value is -2.67. The van der Waals surface area contributed by atoms with Crippen molar-refractivity contribution in [2.75, 3.05) is 20.7 Å². The van der Waals surface area contributed by atoms with Crippen molar-refractivity contribution in [2.24, 2.45) is 10.9 Å². The van der Waals surface area contributed by atoms with Gasteiger partial charge in [0.1, 0.15) is 11.9 Å². The summed E-state index contributed by atoms with van der Waals surface area (Å²) in [6, 6.07) is 3.46. The molecule has 2 atom stereocenters. The van der Waals surface area contributed by atoms with Crippen molar-refractivity contribution in [3.63, 3.8) is 0 Å². The number of esters is 1. The van der Waals surface area contributed by atoms with Gasteiger partial charge in [0, 0.05) is 32.5 Å². The van der Waals surface area contributed by atoms with E-state index in [2.05, 4.69) is 23.3 Å². The first-order valence-corrected chi connectivity index (χ1v) is 11.8. The summed E-state index contributed by atoms with van der Waals surface area (Å²) in [5.41, 5.74) is 3.15. The fourth-order valence-corrected chi connectivity index (χ4v) is 4.21. The molecular formula is C26H38N2O5. The third-order valence-electron chi connectivity index (χ3n) is 6.04. The Morgan fingerprint density at radius 3 is 2.64 bits per heavy atom. The Bertz CT molecular complexity index is 862. The van der Waals surface area contributed by atoms with Crippen LogP contribution in [0.25, 0.3) is 0 Å². The molecule has 0 spiro atoms. The predicted molar refractivity (Wildman–Crippen MR) is 130 cm³/mol. The van der Waals surface area contributed by atoms with Crippen LogP contribution in [0.15, 0.2) is 28.8 Å². The van der Waals surface area contributed by atoms with Crippen molar-refractivity contribution < 1.29 is 24.2 Å². The fourth-order valence-electron chi connectivity index (χ4n) is 4.21. The van der Waals surface area contributed by atoms with Crippen LogP contribution in [0.4, 0.5) is 0 Å². The quantitative estimate of drug-likeness (QED) is 0.383. The molecule has 2 N–H and O–H groups in total. The molecule has 1 aromatic rings. The smallest absolute Gasteiger partial charge is 0.302 e. The number of phenols is 1. The minimum Gasteiger partial charge on any atom is -0.504 e. The van der Waals surface area contributed by atoms with Crippen molar-refractivity contribution in [1.29, 1.82) is 0 Å². The number of methoxy groups -OCH3 is 1. The van der Waals surface area contributed by atoms with Crippen molar-refractivity contribution in [1.82, 2.24) is 5.32 Å². The molecule has 33 heavy (non-hydrogen) atoms. The number of Topliss-reactive ketones (excluding diaryl/α,β-unsaturated/α-hetero) is 1. The van der Waals surface area contributed by atoms with Gasteiger partial charge < -0.3 is 19.9 Å². The Kier molecular flexibility index (Phi) is 11.1. The molecular weight excluding hydrogens is 420 g/mol. The number of ketones is 1. The molecule has 0 aliphatic carbocycles. The maximum atomic E-state index is 12.8. The van der Waals surface area contributed by atoms with E-state index in [1.54, 1.807) is 12.1 Å². The van der Waals surface area contributed by atoms with E-state index < -0.39 is 6.10 Å². The average molecular weight is 459 g/mol. The Morgan fingerprint density at radius 1 is 1.24 bits per heavy atom. The number of nitrogens with zero attached hydrogens (tertiary/aromatic N) is 1. The molecule has 0 aromatic heterocycles. The van der Waals surface area contributed by atoms with Crippen LogP contribution in [0.5, 0.6) is 11.5 Å². The zero-order valence-corrected chi connectivity index (χ0v) is 20.4. The molecule has 0 bridgehead atoms. The van der Waals surface area contributed by atoms with Gasteiger partial charge >= 0.3 is 5.97 Å². The van der Waals surface area contributed by atoms with Crippen molar-refractivity contribution in [2.45, 2.75) is 71.4 Å². The fraction of sp³-hybridized carbons (Fsp3) is 0.577. The van der Waals surface area contributed by atoms with Crippen LogP contribution >= 0.6 is 0 Å². The number of nitrogens with one attached hydrogen (secondary N) is 1. The molecule has 7 nitrogen and oxygen atoms in total. The normalized spacial score (nSPS) is 14.6. The first-order valence-electron chi connectivity index (χ1n) is 11.8. The molecule has 2 unspecified atom stereocenters. The monoisotopic (exact) mass is 458 g/mol. The molecule has 1 aliphatic heterocycles. The maximum Gasteiger partial charge on any atom is 0.302 e. The van der Waals surface area contributed by atoms with E-state index in [0.29, 0.717) is 37.5 Å². The van der Waals surface area contributed by atoms with Gasteiger partial charge in [0.2, 0.25) is 0 Å². The lowest BCUT2D eigenvalue weighted by molar-refractivity contribution is -0.148. The van der Waals surface area contributed by atoms with Gasteiger partial charge in [0.15, 0.2) is 11.5 Å². The van der Waals surface area contributed by atoms with E-state index in [0.717, 1.165) is 36.9 Å². The third-order valence-corrected chi connectivity index (χ3v) is 6.04. The van der Waals surface area contributed by atoms with E-state index in [9.17, 15) is 14.7 Å². The molecule has 2 rings (SSSR count). The highest BCUT2D eigenvalue weighted by Crippen LogP contribution is 2.30. The van der Waals surface area contributed by atoms with Gasteiger partial charge in [-0.2, -0.15) is 0 Å². The van der Waals surface area contributed by atoms with Crippen molar-refractivity contribution in [3.8, 4) is 11.5 Å². The van der Waals surface area contributed by atoms with E-state index >= 15 is 0 Å². The molecule has 0 saturated heterocycles. The summed E-state index contributed by atoms with van der Waals surface area (Å²) in [7, 11) is 3.34. The third kappa shape index (κ3) is 9.00. The molecule has 0 amide bonds. The first-order chi connectivity index (χ1) is 15.9. The molecule has 1 aliphatic rings. The highest BCUT2D eigenvalue weighted by atomic mass is 16.5. The lowest BCUT2D eigenvalue weighted by Gasteiger charge is -2.20. The van der Waals surface area contributed by atoms with Crippen LogP contribution in [0.3, 0.4) is 0 Å². The number of hydrogen-bond donors (Lipinski definition) is 2. The van der Waals surface area contributed by atoms with Gasteiger partial charge in [-0.15, -0.1) is 0 Å². The number of carbonyl (C=O) groups excluding carboxylic acids is 2. The molecule has 182 valence electrons. The summed E-state index contributed by atoms with van der Waals surface area (Å²) in [6.45, 7) is 4.90. The molecule has 1 aromatic carbocycles. The van der Waals surface area contributed by atoms with E-state index in [-0.39, 0.29) is 23.9 Å². The number of rotatable bonds is 15. The number of aromatic hydroxyl groups is 1. The van der Waals surface area contributed by atoms with Crippen LogP contribution in [0, 0.1) is 5.92 Å². The summed E-state index contributed by atoms with van der Waals surface area (Å²) >= 11 is 0. The average Bonchev–Trinajstić information content (AvgIpc) is 3.28. The summed E-state index contributed by atoms with van der Waals surface area (Å²) < 4.78 is 10.7. The number of benzene rings is 1. The van der Waals surface area contributed by atoms with Gasteiger partial charge in [0.25, 0.3) is 0 Å². The second-order valence-electron chi connectivity index (χ2n) is 8.63. The van der Waals surface area contributed by atoms with Gasteiger partial charge in [0.05, 0.1) is 13.7 Å². The van der Waals surface area contributed by atoms with Crippen molar-refractivity contribution in [3.05, 3.63) is 34.9 Å². The highest BCUT2D eigenvalue weighted by Gasteiger charge is 2.20. The van der Waals surface area contributed by atoms with Crippen LogP contribution in [-0.4, -0.2) is 49.9 Å². The summed E-state index contributed by atoms with van der Waals surface area (Å²) in [5, 5.41) is 13.1. The Morgan fingerprint density at radius 2 is 2.03 bits per heavy atom. The van der Waals surface area contributed by atoms with Crippen LogP contribution < -0.4 is 10.1 Å². The molecule has 1 heterocycles. The Balaban J connectivity index is 1.95. The number of aliphatic imine (C=N–C) groups is 1. The molecule has 0 fully saturated rings. The SMILES string of the molecule is CCC(CCC(CC(=O)CCc1cc(OC)c(O)cc1CNC)OC(C)=O)CC1=CCN=C1. The Labute approximate surface area is 197 Å². The van der Waals surface area contributed by atoms with Gasteiger partial charge in [-0.05, 0) is 67.5 Å². The summed E-state index contributed by atoms with van der Waals surface area (Å²) in [4.78, 5) is 28.6. The number of hydrogen-bond acceptors (Lipinski definition) is 7. The molecule has 0 radical (unpaired) electrons. The second-order valence-corrected chi connectivity index (χ2v) is 8.63. The van der Waals surface area contributed by atoms with E-state index in [4.69, 9.17) is 9.47 Å². The summed E-state index contributed by atoms with van der Waals surface area (Å²) in [6.07, 6.45) is 8.35. The minimum atomic E-state index is -0.401. The van der Waals surface area contributed by atoms with Gasteiger partial charge in [-0.25, -0.2) is 0 Å². The van der Waals surface area contributed by atoms with E-state index in [1.165, 1.54) is 19.6 Å². The van der Waals surface area contributed by atoms with Crippen LogP contribution in [0.1, 0.15) is 63.5 Å². The zero-order chi connectivity index (χ0) is 24.2. The van der Waals surface area contributed by atoms with Crippen LogP contribution in [0.2, 0.25) is 0 Å². The minimum absolute atomic E-state index is 0.0578. The first kappa shape index (κ1) is 26.6. The lowest BCUT2D eigenvalue weighted by atomic mass is 9.90. The summed E-state index contributed by atoms with van der Waals surface area (Å²) in [5.74, 6) is 0.650. The number of ether oxygens (including phenoxy) is 2. The van der Waals surface area contributed by atoms with Crippen LogP contribution in [-0.2, 0) is 27.3 Å². The molecule has 0 saturated carbocycles. The topological polar surface area (TPSA) is 97.2 Å². The lowest BCUT2D eigenvalue weighted by Crippen LogP contribution is -2.22. The van der Waals surface area contributed by atoms with Gasteiger partial charge in [-0.3, -0.25) is 14.6 Å². The van der Waals surface area contributed by atoms with Crippen molar-refractivity contribution >= 4 is 18.0 Å². The van der Waals surface area contributed by atoms with E-state index in [1.807, 2.05) is 13.3 Å². The predicted octanol–water partition coefficient (Wildman–Crippen LogP) is 4.15. The number of phenolic OH excluding ortho intramolecular Hbond substituents is 1. The molecule has 7 heteroatoms. The standard InChI is InChI=1S/C26H38N2O5/c1-5-19(12-20-10-11-28-16-20)6-9-24(33-18(2)29)15-23(30)8-7-21-14-26(32-4)25(31)13-22(21)17-27-3/h10,13-14,16,19,24,27,31H,5-9,11-12,15,17H2,1-4H3. The number of carbonyl (C=O) groups is 2. The number of allylic oxidation sites excluding steroid dienone is 1. The number of aryl methyl sites for hydroxylation is 1. The maximum absolute atomic E-state index is 12.8. The highest BCUT2D eigenvalue weighted by molar-refractivity contribution is 5.81. The second kappa shape index (κ2) is 13.8. The van der Waals surface area contributed by atoms with Gasteiger partial charge in [-0.1, -0.05) is 19.4 Å².